The first kappa shape index (κ1) is 12.4. The minimum absolute atomic E-state index is 0.219. The second-order valence-electron chi connectivity index (χ2n) is 5.91. The molecule has 1 fully saturated rings. The van der Waals surface area contributed by atoms with E-state index in [1.165, 1.54) is 5.56 Å². The van der Waals surface area contributed by atoms with E-state index in [9.17, 15) is 0 Å². The second-order valence-corrected chi connectivity index (χ2v) is 5.91. The molecule has 0 amide bonds. The van der Waals surface area contributed by atoms with Gasteiger partial charge in [-0.15, -0.1) is 0 Å². The molecule has 21 heavy (non-hydrogen) atoms. The van der Waals surface area contributed by atoms with Crippen molar-refractivity contribution in [2.24, 2.45) is 5.41 Å². The first-order valence-electron chi connectivity index (χ1n) is 7.24. The number of aromatic nitrogens is 2. The van der Waals surface area contributed by atoms with E-state index in [2.05, 4.69) is 38.4 Å². The van der Waals surface area contributed by atoms with E-state index in [0.29, 0.717) is 0 Å². The topological polar surface area (TPSA) is 50.3 Å². The highest BCUT2D eigenvalue weighted by Crippen LogP contribution is 2.43. The summed E-state index contributed by atoms with van der Waals surface area (Å²) in [5.74, 6) is 2.81. The maximum absolute atomic E-state index is 5.94. The van der Waals surface area contributed by atoms with Crippen molar-refractivity contribution >= 4 is 11.6 Å². The Morgan fingerprint density at radius 2 is 2.00 bits per heavy atom. The normalized spacial score (nSPS) is 18.6. The van der Waals surface area contributed by atoms with Gasteiger partial charge in [0.25, 0.3) is 0 Å². The van der Waals surface area contributed by atoms with E-state index in [0.717, 1.165) is 43.5 Å². The van der Waals surface area contributed by atoms with Crippen LogP contribution in [0.1, 0.15) is 5.56 Å². The van der Waals surface area contributed by atoms with Gasteiger partial charge in [0.15, 0.2) is 11.6 Å². The molecule has 5 nitrogen and oxygen atoms in total. The fraction of sp³-hybridized carbons (Fsp3) is 0.375. The number of nitrogens with zero attached hydrogens (tertiary/aromatic N) is 3. The molecule has 3 heterocycles. The summed E-state index contributed by atoms with van der Waals surface area (Å²) >= 11 is 0. The number of benzene rings is 1. The van der Waals surface area contributed by atoms with Crippen LogP contribution in [0.5, 0.6) is 5.75 Å². The number of anilines is 2. The molecule has 4 rings (SSSR count). The number of para-hydroxylation sites is 1. The maximum atomic E-state index is 5.94. The molecule has 1 saturated heterocycles. The lowest BCUT2D eigenvalue weighted by Crippen LogP contribution is -2.61. The second kappa shape index (κ2) is 4.62. The summed E-state index contributed by atoms with van der Waals surface area (Å²) < 4.78 is 5.94. The Bertz CT molecular complexity index is 667. The standard InChI is InChI=1S/C16H18N4O/c1-17-14-15(19-7-6-18-14)20-9-16(10-20)8-12-4-2-3-5-13(12)21-11-16/h2-7H,8-11H2,1H3,(H,17,18). The molecule has 0 atom stereocenters. The van der Waals surface area contributed by atoms with Gasteiger partial charge in [0, 0.05) is 37.9 Å². The number of nitrogens with one attached hydrogen (secondary N) is 1. The SMILES string of the molecule is CNc1nccnc1N1CC2(COc3ccccc3C2)C1. The van der Waals surface area contributed by atoms with Gasteiger partial charge in [-0.25, -0.2) is 9.97 Å². The quantitative estimate of drug-likeness (QED) is 0.912. The van der Waals surface area contributed by atoms with Crippen LogP contribution in [0.4, 0.5) is 11.6 Å². The first-order valence-corrected chi connectivity index (χ1v) is 7.24. The fourth-order valence-electron chi connectivity index (χ4n) is 3.33. The average Bonchev–Trinajstić information content (AvgIpc) is 2.52. The van der Waals surface area contributed by atoms with Crippen molar-refractivity contribution in [2.45, 2.75) is 6.42 Å². The maximum Gasteiger partial charge on any atom is 0.171 e. The average molecular weight is 282 g/mol. The molecule has 108 valence electrons. The van der Waals surface area contributed by atoms with Crippen LogP contribution in [0.3, 0.4) is 0 Å². The monoisotopic (exact) mass is 282 g/mol. The minimum Gasteiger partial charge on any atom is -0.493 e. The zero-order valence-corrected chi connectivity index (χ0v) is 12.0. The van der Waals surface area contributed by atoms with E-state index in [-0.39, 0.29) is 5.41 Å². The third kappa shape index (κ3) is 2.00. The molecule has 1 N–H and O–H groups in total. The van der Waals surface area contributed by atoms with Gasteiger partial charge in [0.05, 0.1) is 6.61 Å². The summed E-state index contributed by atoms with van der Waals surface area (Å²) in [6, 6.07) is 8.34. The van der Waals surface area contributed by atoms with Crippen LogP contribution in [0.2, 0.25) is 0 Å². The van der Waals surface area contributed by atoms with Crippen LogP contribution in [-0.4, -0.2) is 36.7 Å². The van der Waals surface area contributed by atoms with Gasteiger partial charge in [-0.2, -0.15) is 0 Å². The molecule has 1 aromatic heterocycles. The molecule has 2 aromatic rings. The predicted molar refractivity (Wildman–Crippen MR) is 81.9 cm³/mol. The Morgan fingerprint density at radius 3 is 2.86 bits per heavy atom. The van der Waals surface area contributed by atoms with Gasteiger partial charge in [-0.05, 0) is 18.1 Å². The van der Waals surface area contributed by atoms with Crippen molar-refractivity contribution < 1.29 is 4.74 Å². The third-order valence-corrected chi connectivity index (χ3v) is 4.34. The molecule has 1 aromatic carbocycles. The van der Waals surface area contributed by atoms with Crippen molar-refractivity contribution in [1.82, 2.24) is 9.97 Å². The number of fused-ring (bicyclic) bond motifs is 1. The molecule has 0 bridgehead atoms. The summed E-state index contributed by atoms with van der Waals surface area (Å²) in [5, 5.41) is 3.11. The third-order valence-electron chi connectivity index (χ3n) is 4.34. The highest BCUT2D eigenvalue weighted by Gasteiger charge is 2.47. The van der Waals surface area contributed by atoms with Crippen LogP contribution in [-0.2, 0) is 6.42 Å². The van der Waals surface area contributed by atoms with Crippen molar-refractivity contribution in [3.05, 3.63) is 42.2 Å². The van der Waals surface area contributed by atoms with Gasteiger partial charge in [-0.3, -0.25) is 0 Å². The minimum atomic E-state index is 0.219. The largest absolute Gasteiger partial charge is 0.493 e. The molecular formula is C16H18N4O. The Hall–Kier alpha value is -2.30. The lowest BCUT2D eigenvalue weighted by atomic mass is 9.74. The summed E-state index contributed by atoms with van der Waals surface area (Å²) in [7, 11) is 1.88. The van der Waals surface area contributed by atoms with Crippen LogP contribution in [0, 0.1) is 5.41 Å². The van der Waals surface area contributed by atoms with Crippen LogP contribution >= 0.6 is 0 Å². The van der Waals surface area contributed by atoms with Crippen molar-refractivity contribution in [3.8, 4) is 5.75 Å². The van der Waals surface area contributed by atoms with E-state index < -0.39 is 0 Å². The fourth-order valence-corrected chi connectivity index (χ4v) is 3.33. The van der Waals surface area contributed by atoms with Crippen LogP contribution in [0.15, 0.2) is 36.7 Å². The number of ether oxygens (including phenoxy) is 1. The van der Waals surface area contributed by atoms with Crippen molar-refractivity contribution in [1.29, 1.82) is 0 Å². The number of hydrogen-bond donors (Lipinski definition) is 1. The van der Waals surface area contributed by atoms with Crippen molar-refractivity contribution in [2.75, 3.05) is 37.0 Å². The van der Waals surface area contributed by atoms with E-state index in [4.69, 9.17) is 4.74 Å². The predicted octanol–water partition coefficient (Wildman–Crippen LogP) is 1.96. The Morgan fingerprint density at radius 1 is 1.19 bits per heavy atom. The van der Waals surface area contributed by atoms with E-state index in [1.54, 1.807) is 12.4 Å². The molecular weight excluding hydrogens is 264 g/mol. The van der Waals surface area contributed by atoms with Gasteiger partial charge < -0.3 is 15.0 Å². The van der Waals surface area contributed by atoms with Gasteiger partial charge in [0.2, 0.25) is 0 Å². The van der Waals surface area contributed by atoms with Gasteiger partial charge in [0.1, 0.15) is 5.75 Å². The van der Waals surface area contributed by atoms with Crippen LogP contribution < -0.4 is 15.0 Å². The van der Waals surface area contributed by atoms with Crippen LogP contribution in [0.25, 0.3) is 0 Å². The Labute approximate surface area is 124 Å². The molecule has 0 unspecified atom stereocenters. The Balaban J connectivity index is 1.53. The summed E-state index contributed by atoms with van der Waals surface area (Å²) in [4.78, 5) is 11.1. The molecule has 5 heteroatoms. The van der Waals surface area contributed by atoms with Gasteiger partial charge in [-0.1, -0.05) is 18.2 Å². The Kier molecular flexibility index (Phi) is 2.74. The summed E-state index contributed by atoms with van der Waals surface area (Å²) in [5.41, 5.74) is 1.54. The molecule has 0 aliphatic carbocycles. The molecule has 1 spiro atoms. The lowest BCUT2D eigenvalue weighted by Gasteiger charge is -2.52. The number of rotatable bonds is 2. The summed E-state index contributed by atoms with van der Waals surface area (Å²) in [6.45, 7) is 2.72. The zero-order chi connectivity index (χ0) is 14.3. The molecule has 0 saturated carbocycles. The summed E-state index contributed by atoms with van der Waals surface area (Å²) in [6.07, 6.45) is 4.54. The highest BCUT2D eigenvalue weighted by atomic mass is 16.5. The molecule has 0 radical (unpaired) electrons. The molecule has 2 aliphatic heterocycles. The van der Waals surface area contributed by atoms with E-state index in [1.807, 2.05) is 13.1 Å². The first-order chi connectivity index (χ1) is 10.3. The van der Waals surface area contributed by atoms with Crippen molar-refractivity contribution in [3.63, 3.8) is 0 Å². The smallest absolute Gasteiger partial charge is 0.171 e. The molecule has 2 aliphatic rings. The lowest BCUT2D eigenvalue weighted by molar-refractivity contribution is 0.0875. The highest BCUT2D eigenvalue weighted by molar-refractivity contribution is 5.62. The zero-order valence-electron chi connectivity index (χ0n) is 12.0. The number of hydrogen-bond acceptors (Lipinski definition) is 5. The van der Waals surface area contributed by atoms with E-state index >= 15 is 0 Å². The van der Waals surface area contributed by atoms with Gasteiger partial charge >= 0.3 is 0 Å².